The van der Waals surface area contributed by atoms with E-state index in [0.717, 1.165) is 71.7 Å². The topological polar surface area (TPSA) is 74.8 Å². The van der Waals surface area contributed by atoms with Gasteiger partial charge >= 0.3 is 5.97 Å². The molecule has 9 heteroatoms. The van der Waals surface area contributed by atoms with Crippen molar-refractivity contribution in [1.29, 1.82) is 0 Å². The van der Waals surface area contributed by atoms with Crippen molar-refractivity contribution < 1.29 is 23.8 Å². The Morgan fingerprint density at radius 3 is 2.31 bits per heavy atom. The highest BCUT2D eigenvalue weighted by Crippen LogP contribution is 2.23. The molecular weight excluding hydrogens is 412 g/mol. The lowest BCUT2D eigenvalue weighted by molar-refractivity contribution is -0.173. The Labute approximate surface area is 192 Å². The molecule has 0 spiro atoms. The highest BCUT2D eigenvalue weighted by atomic mass is 16.6. The second-order valence-electron chi connectivity index (χ2n) is 9.01. The minimum atomic E-state index is -0.626. The van der Waals surface area contributed by atoms with Gasteiger partial charge in [0, 0.05) is 52.4 Å². The predicted octanol–water partition coefficient (Wildman–Crippen LogP) is 0.487. The largest absolute Gasteiger partial charge is 0.463 e. The van der Waals surface area contributed by atoms with Crippen LogP contribution in [0, 0.1) is 5.92 Å². The van der Waals surface area contributed by atoms with E-state index < -0.39 is 12.5 Å². The van der Waals surface area contributed by atoms with Gasteiger partial charge in [0.1, 0.15) is 0 Å². The van der Waals surface area contributed by atoms with Crippen molar-refractivity contribution in [3.05, 3.63) is 0 Å². The van der Waals surface area contributed by atoms with Crippen molar-refractivity contribution in [3.63, 3.8) is 0 Å². The molecule has 3 atom stereocenters. The van der Waals surface area contributed by atoms with Gasteiger partial charge in [0.25, 0.3) is 0 Å². The number of esters is 1. The first-order chi connectivity index (χ1) is 15.6. The number of aldehydes is 1. The zero-order valence-electron chi connectivity index (χ0n) is 20.1. The second-order valence-corrected chi connectivity index (χ2v) is 9.01. The van der Waals surface area contributed by atoms with Crippen LogP contribution >= 0.6 is 0 Å². The number of piperazine rings is 1. The molecule has 3 unspecified atom stereocenters. The normalized spacial score (nSPS) is 28.1. The van der Waals surface area contributed by atoms with Gasteiger partial charge in [-0.15, -0.1) is 0 Å². The number of rotatable bonds is 11. The summed E-state index contributed by atoms with van der Waals surface area (Å²) in [6.45, 7) is 15.9. The van der Waals surface area contributed by atoms with Gasteiger partial charge in [0.2, 0.25) is 6.23 Å². The molecule has 0 aromatic carbocycles. The molecule has 3 fully saturated rings. The summed E-state index contributed by atoms with van der Waals surface area (Å²) >= 11 is 0. The molecule has 3 aliphatic rings. The molecule has 0 aromatic heterocycles. The van der Waals surface area contributed by atoms with Gasteiger partial charge in [0.15, 0.2) is 12.5 Å². The molecular formula is C23H42N4O5. The third-order valence-electron chi connectivity index (χ3n) is 6.91. The van der Waals surface area contributed by atoms with Crippen molar-refractivity contribution in [1.82, 2.24) is 19.6 Å². The lowest BCUT2D eigenvalue weighted by Gasteiger charge is -2.38. The Morgan fingerprint density at radius 1 is 1.00 bits per heavy atom. The summed E-state index contributed by atoms with van der Waals surface area (Å²) in [5, 5.41) is 0. The molecule has 3 saturated heterocycles. The zero-order valence-corrected chi connectivity index (χ0v) is 20.1. The maximum atomic E-state index is 12.2. The van der Waals surface area contributed by atoms with Gasteiger partial charge in [-0.2, -0.15) is 0 Å². The zero-order chi connectivity index (χ0) is 22.9. The van der Waals surface area contributed by atoms with Gasteiger partial charge in [-0.1, -0.05) is 6.92 Å². The maximum Gasteiger partial charge on any atom is 0.350 e. The molecule has 9 nitrogen and oxygen atoms in total. The van der Waals surface area contributed by atoms with Crippen LogP contribution in [0.25, 0.3) is 0 Å². The summed E-state index contributed by atoms with van der Waals surface area (Å²) in [6, 6.07) is 0. The summed E-state index contributed by atoms with van der Waals surface area (Å²) in [4.78, 5) is 33.0. The minimum absolute atomic E-state index is 0.0419. The SMILES string of the molecule is CCOC(=O)C(OCC)N1CCN(CC2CN(CC3CCN(CC)CC3)C(C=O)O2)CC1. The second kappa shape index (κ2) is 13.0. The monoisotopic (exact) mass is 454 g/mol. The predicted molar refractivity (Wildman–Crippen MR) is 121 cm³/mol. The van der Waals surface area contributed by atoms with Crippen LogP contribution in [0.15, 0.2) is 0 Å². The van der Waals surface area contributed by atoms with Crippen LogP contribution in [0.5, 0.6) is 0 Å². The molecule has 184 valence electrons. The maximum absolute atomic E-state index is 12.2. The van der Waals surface area contributed by atoms with Crippen molar-refractivity contribution in [2.45, 2.75) is 52.2 Å². The van der Waals surface area contributed by atoms with E-state index in [1.807, 2.05) is 13.8 Å². The fourth-order valence-corrected chi connectivity index (χ4v) is 5.07. The highest BCUT2D eigenvalue weighted by Gasteiger charge is 2.37. The lowest BCUT2D eigenvalue weighted by Crippen LogP contribution is -2.55. The Kier molecular flexibility index (Phi) is 10.3. The Hall–Kier alpha value is -1.10. The average molecular weight is 455 g/mol. The van der Waals surface area contributed by atoms with Crippen molar-refractivity contribution in [2.75, 3.05) is 78.7 Å². The van der Waals surface area contributed by atoms with E-state index in [9.17, 15) is 9.59 Å². The molecule has 0 N–H and O–H groups in total. The lowest BCUT2D eigenvalue weighted by atomic mass is 9.96. The van der Waals surface area contributed by atoms with Crippen LogP contribution in [0.3, 0.4) is 0 Å². The van der Waals surface area contributed by atoms with Gasteiger partial charge < -0.3 is 19.1 Å². The molecule has 0 aromatic rings. The minimum Gasteiger partial charge on any atom is -0.463 e. The molecule has 3 aliphatic heterocycles. The summed E-state index contributed by atoms with van der Waals surface area (Å²) in [6.07, 6.45) is 2.34. The van der Waals surface area contributed by atoms with Gasteiger partial charge in [-0.05, 0) is 52.2 Å². The van der Waals surface area contributed by atoms with E-state index in [1.54, 1.807) is 0 Å². The molecule has 0 aliphatic carbocycles. The molecule has 0 bridgehead atoms. The van der Waals surface area contributed by atoms with Crippen molar-refractivity contribution in [3.8, 4) is 0 Å². The molecule has 32 heavy (non-hydrogen) atoms. The highest BCUT2D eigenvalue weighted by molar-refractivity contribution is 5.74. The van der Waals surface area contributed by atoms with Crippen LogP contribution in [0.4, 0.5) is 0 Å². The van der Waals surface area contributed by atoms with Crippen molar-refractivity contribution in [2.24, 2.45) is 5.92 Å². The summed E-state index contributed by atoms with van der Waals surface area (Å²) in [7, 11) is 0. The molecule has 3 rings (SSSR count). The van der Waals surface area contributed by atoms with E-state index in [0.29, 0.717) is 19.1 Å². The van der Waals surface area contributed by atoms with E-state index in [-0.39, 0.29) is 12.1 Å². The number of piperidine rings is 1. The number of carbonyl (C=O) groups excluding carboxylic acids is 2. The quantitative estimate of drug-likeness (QED) is 0.327. The van der Waals surface area contributed by atoms with E-state index in [1.165, 1.54) is 12.8 Å². The van der Waals surface area contributed by atoms with Gasteiger partial charge in [-0.3, -0.25) is 19.5 Å². The fraction of sp³-hybridized carbons (Fsp3) is 0.913. The third-order valence-corrected chi connectivity index (χ3v) is 6.91. The number of hydrogen-bond acceptors (Lipinski definition) is 9. The van der Waals surface area contributed by atoms with E-state index in [4.69, 9.17) is 14.2 Å². The first-order valence-corrected chi connectivity index (χ1v) is 12.4. The summed E-state index contributed by atoms with van der Waals surface area (Å²) in [5.74, 6) is 0.334. The Morgan fingerprint density at radius 2 is 1.72 bits per heavy atom. The van der Waals surface area contributed by atoms with Crippen molar-refractivity contribution >= 4 is 12.3 Å². The smallest absolute Gasteiger partial charge is 0.350 e. The number of hydrogen-bond donors (Lipinski definition) is 0. The standard InChI is InChI=1S/C23H42N4O5/c1-4-24-9-7-19(8-10-24)15-27-17-20(32-21(27)18-28)16-25-11-13-26(14-12-25)22(30-5-2)23(29)31-6-3/h18-22H,4-17H2,1-3H3. The average Bonchev–Trinajstić information content (AvgIpc) is 3.19. The van der Waals surface area contributed by atoms with Gasteiger partial charge in [-0.25, -0.2) is 4.79 Å². The summed E-state index contributed by atoms with van der Waals surface area (Å²) < 4.78 is 16.9. The van der Waals surface area contributed by atoms with Crippen LogP contribution in [0.1, 0.15) is 33.6 Å². The van der Waals surface area contributed by atoms with Crippen LogP contribution in [-0.4, -0.2) is 129 Å². The third kappa shape index (κ3) is 6.95. The molecule has 0 amide bonds. The number of nitrogens with zero attached hydrogens (tertiary/aromatic N) is 4. The van der Waals surface area contributed by atoms with Crippen LogP contribution in [0.2, 0.25) is 0 Å². The first-order valence-electron chi connectivity index (χ1n) is 12.4. The fourth-order valence-electron chi connectivity index (χ4n) is 5.07. The van der Waals surface area contributed by atoms with Crippen LogP contribution < -0.4 is 0 Å². The number of ether oxygens (including phenoxy) is 3. The Bertz CT molecular complexity index is 579. The van der Waals surface area contributed by atoms with Gasteiger partial charge in [0.05, 0.1) is 12.7 Å². The molecule has 0 saturated carbocycles. The van der Waals surface area contributed by atoms with Crippen LogP contribution in [-0.2, 0) is 23.8 Å². The number of carbonyl (C=O) groups is 2. The first kappa shape index (κ1) is 25.5. The summed E-state index contributed by atoms with van der Waals surface area (Å²) in [5.41, 5.74) is 0. The van der Waals surface area contributed by atoms with E-state index in [2.05, 4.69) is 26.5 Å². The van der Waals surface area contributed by atoms with E-state index >= 15 is 0 Å². The number of likely N-dealkylation sites (tertiary alicyclic amines) is 1. The molecule has 3 heterocycles. The molecule has 0 radical (unpaired) electrons. The Balaban J connectivity index is 1.43.